The van der Waals surface area contributed by atoms with Crippen LogP contribution in [0.25, 0.3) is 0 Å². The molecule has 0 spiro atoms. The van der Waals surface area contributed by atoms with E-state index < -0.39 is 6.10 Å². The van der Waals surface area contributed by atoms with Gasteiger partial charge >= 0.3 is 17.9 Å². The third-order valence-corrected chi connectivity index (χ3v) is 14.3. The highest BCUT2D eigenvalue weighted by Crippen LogP contribution is 2.17. The second-order valence-electron chi connectivity index (χ2n) is 22.0. The molecule has 0 aromatic carbocycles. The van der Waals surface area contributed by atoms with Gasteiger partial charge in [0.25, 0.3) is 0 Å². The van der Waals surface area contributed by atoms with Crippen molar-refractivity contribution in [3.05, 3.63) is 97.2 Å². The number of hydrogen-bond donors (Lipinski definition) is 0. The Morgan fingerprint density at radius 2 is 0.500 bits per heavy atom. The van der Waals surface area contributed by atoms with Crippen LogP contribution < -0.4 is 0 Å². The Kier molecular flexibility index (Phi) is 62.7. The SMILES string of the molecule is CC/C=C\C/C=C\C/C=C\C/C=C\C/C=C\C/C=C\C/C=C\CCCCCC(=O)OCC(COC(=O)CCCCCCCCCCCCCCCCCC)OC(=O)CCCCCCCCCCC/C=C\CCCCCCCC. The zero-order valence-corrected chi connectivity index (χ0v) is 51.4. The Labute approximate surface area is 483 Å². The average Bonchev–Trinajstić information content (AvgIpc) is 3.44. The Morgan fingerprint density at radius 1 is 0.269 bits per heavy atom. The molecule has 6 heteroatoms. The summed E-state index contributed by atoms with van der Waals surface area (Å²) in [4.78, 5) is 38.4. The van der Waals surface area contributed by atoms with Crippen LogP contribution in [0.5, 0.6) is 0 Å². The molecule has 0 fully saturated rings. The zero-order chi connectivity index (χ0) is 56.4. The van der Waals surface area contributed by atoms with Gasteiger partial charge in [0.05, 0.1) is 0 Å². The lowest BCUT2D eigenvalue weighted by atomic mass is 10.0. The van der Waals surface area contributed by atoms with Gasteiger partial charge in [0.2, 0.25) is 0 Å². The number of allylic oxidation sites excluding steroid dienone is 16. The van der Waals surface area contributed by atoms with Gasteiger partial charge in [-0.25, -0.2) is 0 Å². The normalized spacial score (nSPS) is 12.7. The number of unbranched alkanes of at least 4 members (excludes halogenated alkanes) is 33. The molecule has 0 aliphatic heterocycles. The Balaban J connectivity index is 4.43. The summed E-state index contributed by atoms with van der Waals surface area (Å²) in [6.07, 6.45) is 88.4. The molecule has 6 nitrogen and oxygen atoms in total. The van der Waals surface area contributed by atoms with Crippen LogP contribution in [0.1, 0.15) is 323 Å². The molecule has 0 N–H and O–H groups in total. The second kappa shape index (κ2) is 65.8. The molecule has 0 bridgehead atoms. The molecule has 78 heavy (non-hydrogen) atoms. The fourth-order valence-corrected chi connectivity index (χ4v) is 9.36. The lowest BCUT2D eigenvalue weighted by Crippen LogP contribution is -2.30. The van der Waals surface area contributed by atoms with Gasteiger partial charge in [0.1, 0.15) is 13.2 Å². The van der Waals surface area contributed by atoms with Gasteiger partial charge in [0, 0.05) is 19.3 Å². The predicted molar refractivity (Wildman–Crippen MR) is 339 cm³/mol. The second-order valence-corrected chi connectivity index (χ2v) is 22.0. The van der Waals surface area contributed by atoms with E-state index in [1.165, 1.54) is 173 Å². The summed E-state index contributed by atoms with van der Waals surface area (Å²) < 4.78 is 16.9. The molecule has 0 rings (SSSR count). The summed E-state index contributed by atoms with van der Waals surface area (Å²) in [5, 5.41) is 0. The molecule has 0 saturated heterocycles. The van der Waals surface area contributed by atoms with Gasteiger partial charge in [-0.15, -0.1) is 0 Å². The van der Waals surface area contributed by atoms with Crippen LogP contribution in [0.3, 0.4) is 0 Å². The zero-order valence-electron chi connectivity index (χ0n) is 51.4. The highest BCUT2D eigenvalue weighted by Gasteiger charge is 2.19. The third-order valence-electron chi connectivity index (χ3n) is 14.3. The molecule has 0 aromatic rings. The van der Waals surface area contributed by atoms with Gasteiger partial charge in [-0.2, -0.15) is 0 Å². The molecule has 1 atom stereocenters. The number of carbonyl (C=O) groups excluding carboxylic acids is 3. The minimum absolute atomic E-state index is 0.0862. The van der Waals surface area contributed by atoms with Crippen molar-refractivity contribution in [1.82, 2.24) is 0 Å². The van der Waals surface area contributed by atoms with E-state index in [9.17, 15) is 14.4 Å². The maximum Gasteiger partial charge on any atom is 0.306 e. The first-order valence-corrected chi connectivity index (χ1v) is 33.2. The summed E-state index contributed by atoms with van der Waals surface area (Å²) in [7, 11) is 0. The number of hydrogen-bond acceptors (Lipinski definition) is 6. The standard InChI is InChI=1S/C72H124O6/c1-4-7-10-13-16-19-22-25-28-31-33-34-35-36-37-38-40-41-44-47-50-53-56-59-62-65-71(74)77-68-69(67-76-70(73)64-61-58-55-52-49-46-43-30-27-24-21-18-15-12-9-6-3)78-72(75)66-63-60-57-54-51-48-45-42-39-32-29-26-23-20-17-14-11-8-5-2/h7,10,16,19,25-26,28-29,33-34,36-37,40-41,47,50,69H,4-6,8-9,11-15,17-18,20-24,27,30-32,35,38-39,42-46,48-49,51-68H2,1-3H3/b10-7-,19-16-,28-25-,29-26-,34-33-,37-36-,41-40-,50-47-. The van der Waals surface area contributed by atoms with Crippen molar-refractivity contribution in [3.63, 3.8) is 0 Å². The number of carbonyl (C=O) groups is 3. The molecule has 0 aromatic heterocycles. The van der Waals surface area contributed by atoms with Gasteiger partial charge < -0.3 is 14.2 Å². The highest BCUT2D eigenvalue weighted by atomic mass is 16.6. The van der Waals surface area contributed by atoms with Crippen molar-refractivity contribution in [2.24, 2.45) is 0 Å². The van der Waals surface area contributed by atoms with E-state index in [1.807, 2.05) is 0 Å². The van der Waals surface area contributed by atoms with Crippen molar-refractivity contribution in [2.75, 3.05) is 13.2 Å². The lowest BCUT2D eigenvalue weighted by Gasteiger charge is -2.18. The van der Waals surface area contributed by atoms with Crippen LogP contribution in [-0.2, 0) is 28.6 Å². The molecule has 1 unspecified atom stereocenters. The van der Waals surface area contributed by atoms with Crippen LogP contribution in [0, 0.1) is 0 Å². The third kappa shape index (κ3) is 63.2. The van der Waals surface area contributed by atoms with Crippen molar-refractivity contribution in [3.8, 4) is 0 Å². The van der Waals surface area contributed by atoms with Crippen LogP contribution in [0.2, 0.25) is 0 Å². The molecule has 448 valence electrons. The first-order valence-electron chi connectivity index (χ1n) is 33.2. The first-order chi connectivity index (χ1) is 38.5. The first kappa shape index (κ1) is 74.3. The van der Waals surface area contributed by atoms with Crippen LogP contribution >= 0.6 is 0 Å². The molecule has 0 aliphatic rings. The van der Waals surface area contributed by atoms with Crippen molar-refractivity contribution in [1.29, 1.82) is 0 Å². The van der Waals surface area contributed by atoms with Gasteiger partial charge in [-0.1, -0.05) is 298 Å². The smallest absolute Gasteiger partial charge is 0.306 e. The summed E-state index contributed by atoms with van der Waals surface area (Å²) in [5.74, 6) is -0.908. The van der Waals surface area contributed by atoms with Crippen LogP contribution in [0.4, 0.5) is 0 Å². The molecule has 0 saturated carbocycles. The Hall–Kier alpha value is -3.67. The van der Waals surface area contributed by atoms with E-state index in [4.69, 9.17) is 14.2 Å². The lowest BCUT2D eigenvalue weighted by molar-refractivity contribution is -0.167. The molecule has 0 aliphatic carbocycles. The van der Waals surface area contributed by atoms with E-state index >= 15 is 0 Å². The van der Waals surface area contributed by atoms with E-state index in [2.05, 4.69) is 118 Å². The predicted octanol–water partition coefficient (Wildman–Crippen LogP) is 22.8. The molecular formula is C72H124O6. The van der Waals surface area contributed by atoms with Crippen molar-refractivity contribution >= 4 is 17.9 Å². The summed E-state index contributed by atoms with van der Waals surface area (Å²) in [6.45, 7) is 6.53. The monoisotopic (exact) mass is 1080 g/mol. The molecular weight excluding hydrogens is 961 g/mol. The number of ether oxygens (including phenoxy) is 3. The van der Waals surface area contributed by atoms with E-state index in [0.29, 0.717) is 19.3 Å². The van der Waals surface area contributed by atoms with E-state index in [-0.39, 0.29) is 31.1 Å². The Morgan fingerprint density at radius 3 is 0.808 bits per heavy atom. The van der Waals surface area contributed by atoms with Crippen molar-refractivity contribution < 1.29 is 28.6 Å². The van der Waals surface area contributed by atoms with Crippen LogP contribution in [0.15, 0.2) is 97.2 Å². The van der Waals surface area contributed by atoms with Crippen molar-refractivity contribution in [2.45, 2.75) is 329 Å². The molecule has 0 radical (unpaired) electrons. The van der Waals surface area contributed by atoms with Gasteiger partial charge in [-0.3, -0.25) is 14.4 Å². The topological polar surface area (TPSA) is 78.9 Å². The Bertz CT molecular complexity index is 1530. The minimum atomic E-state index is -0.793. The maximum atomic E-state index is 12.9. The number of rotatable bonds is 60. The summed E-state index contributed by atoms with van der Waals surface area (Å²) in [6, 6.07) is 0. The maximum absolute atomic E-state index is 12.9. The summed E-state index contributed by atoms with van der Waals surface area (Å²) in [5.41, 5.74) is 0. The fraction of sp³-hybridized carbons (Fsp3) is 0.736. The largest absolute Gasteiger partial charge is 0.462 e. The highest BCUT2D eigenvalue weighted by molar-refractivity contribution is 5.71. The minimum Gasteiger partial charge on any atom is -0.462 e. The summed E-state index contributed by atoms with van der Waals surface area (Å²) >= 11 is 0. The average molecular weight is 1090 g/mol. The van der Waals surface area contributed by atoms with Gasteiger partial charge in [0.15, 0.2) is 6.10 Å². The molecule has 0 amide bonds. The van der Waals surface area contributed by atoms with E-state index in [1.54, 1.807) is 0 Å². The molecule has 0 heterocycles. The number of esters is 3. The quantitative estimate of drug-likeness (QED) is 0.0261. The fourth-order valence-electron chi connectivity index (χ4n) is 9.36. The van der Waals surface area contributed by atoms with Crippen LogP contribution in [-0.4, -0.2) is 37.2 Å². The van der Waals surface area contributed by atoms with Gasteiger partial charge in [-0.05, 0) is 103 Å². The van der Waals surface area contributed by atoms with E-state index in [0.717, 1.165) is 109 Å².